The Hall–Kier alpha value is -0.420. The number of hydrogen-bond donors (Lipinski definition) is 2. The number of likely N-dealkylation sites (tertiary alicyclic amines) is 1. The smallest absolute Gasteiger partial charge is 0.104 e. The molecule has 4 heteroatoms. The van der Waals surface area contributed by atoms with Crippen molar-refractivity contribution < 1.29 is 14.5 Å². The van der Waals surface area contributed by atoms with E-state index in [9.17, 15) is 0 Å². The first-order valence-corrected chi connectivity index (χ1v) is 9.48. The molecule has 0 aromatic heterocycles. The molecule has 0 amide bonds. The molecule has 3 nitrogen and oxygen atoms in total. The molecule has 2 N–H and O–H groups in total. The van der Waals surface area contributed by atoms with E-state index >= 15 is 0 Å². The van der Waals surface area contributed by atoms with Crippen molar-refractivity contribution in [2.45, 2.75) is 51.5 Å². The number of nitrogens with one attached hydrogen (secondary N) is 2. The molecular formula is C18H29BrN2O+2. The second kappa shape index (κ2) is 7.43. The second-order valence-electron chi connectivity index (χ2n) is 7.12. The SMILES string of the molecule is C[C@@H]1C[NH+](C2CC[NH+](Cc3ccccc3Br)CC2)C[C@@H](C)O1. The van der Waals surface area contributed by atoms with Crippen molar-refractivity contribution in [3.8, 4) is 0 Å². The van der Waals surface area contributed by atoms with Gasteiger partial charge >= 0.3 is 0 Å². The van der Waals surface area contributed by atoms with E-state index in [-0.39, 0.29) is 0 Å². The lowest BCUT2D eigenvalue weighted by molar-refractivity contribution is -0.970. The molecular weight excluding hydrogens is 340 g/mol. The van der Waals surface area contributed by atoms with Crippen LogP contribution in [-0.2, 0) is 11.3 Å². The Morgan fingerprint density at radius 1 is 1.09 bits per heavy atom. The lowest BCUT2D eigenvalue weighted by atomic mass is 10.0. The van der Waals surface area contributed by atoms with Gasteiger partial charge in [0.25, 0.3) is 0 Å². The maximum Gasteiger partial charge on any atom is 0.104 e. The van der Waals surface area contributed by atoms with E-state index in [1.807, 2.05) is 0 Å². The normalized spacial score (nSPS) is 36.2. The predicted octanol–water partition coefficient (Wildman–Crippen LogP) is 0.689. The summed E-state index contributed by atoms with van der Waals surface area (Å²) in [6.45, 7) is 10.6. The zero-order valence-electron chi connectivity index (χ0n) is 13.8. The minimum absolute atomic E-state index is 0.421. The van der Waals surface area contributed by atoms with Gasteiger partial charge in [-0.15, -0.1) is 0 Å². The first kappa shape index (κ1) is 16.4. The molecule has 2 saturated heterocycles. The Balaban J connectivity index is 1.51. The standard InChI is InChI=1S/C18H27BrN2O/c1-14-11-21(12-15(2)22-14)17-7-9-20(10-8-17)13-16-5-3-4-6-18(16)19/h3-6,14-15,17H,7-13H2,1-2H3/p+2/t14-,15-/m1/s1. The van der Waals surface area contributed by atoms with Crippen LogP contribution in [0.3, 0.4) is 0 Å². The van der Waals surface area contributed by atoms with Crippen molar-refractivity contribution >= 4 is 15.9 Å². The largest absolute Gasteiger partial charge is 0.364 e. The van der Waals surface area contributed by atoms with Crippen LogP contribution >= 0.6 is 15.9 Å². The first-order chi connectivity index (χ1) is 10.6. The quantitative estimate of drug-likeness (QED) is 0.803. The van der Waals surface area contributed by atoms with Crippen molar-refractivity contribution in [2.24, 2.45) is 0 Å². The van der Waals surface area contributed by atoms with Crippen LogP contribution in [-0.4, -0.2) is 44.4 Å². The molecule has 0 unspecified atom stereocenters. The molecule has 2 fully saturated rings. The van der Waals surface area contributed by atoms with Crippen molar-refractivity contribution in [3.05, 3.63) is 34.3 Å². The number of piperidine rings is 1. The molecule has 1 aromatic carbocycles. The molecule has 0 spiro atoms. The molecule has 2 aliphatic heterocycles. The van der Waals surface area contributed by atoms with Crippen LogP contribution in [0.25, 0.3) is 0 Å². The summed E-state index contributed by atoms with van der Waals surface area (Å²) in [5.41, 5.74) is 1.44. The van der Waals surface area contributed by atoms with Gasteiger partial charge < -0.3 is 14.5 Å². The van der Waals surface area contributed by atoms with Gasteiger partial charge in [0.05, 0.1) is 19.1 Å². The third-order valence-corrected chi connectivity index (χ3v) is 6.01. The summed E-state index contributed by atoms with van der Waals surface area (Å²) in [7, 11) is 0. The summed E-state index contributed by atoms with van der Waals surface area (Å²) < 4.78 is 7.14. The number of morpholine rings is 1. The predicted molar refractivity (Wildman–Crippen MR) is 92.3 cm³/mol. The van der Waals surface area contributed by atoms with Gasteiger partial charge in [-0.1, -0.05) is 34.1 Å². The van der Waals surface area contributed by atoms with Crippen molar-refractivity contribution in [1.29, 1.82) is 0 Å². The van der Waals surface area contributed by atoms with E-state index < -0.39 is 0 Å². The van der Waals surface area contributed by atoms with Crippen LogP contribution in [0.15, 0.2) is 28.7 Å². The van der Waals surface area contributed by atoms with Crippen LogP contribution in [0, 0.1) is 0 Å². The molecule has 122 valence electrons. The van der Waals surface area contributed by atoms with Crippen LogP contribution in [0.5, 0.6) is 0 Å². The molecule has 0 radical (unpaired) electrons. The number of rotatable bonds is 3. The van der Waals surface area contributed by atoms with E-state index in [1.54, 1.807) is 9.80 Å². The molecule has 2 aliphatic rings. The number of quaternary nitrogens is 2. The van der Waals surface area contributed by atoms with Gasteiger partial charge in [0.15, 0.2) is 0 Å². The molecule has 0 aliphatic carbocycles. The zero-order valence-corrected chi connectivity index (χ0v) is 15.4. The minimum Gasteiger partial charge on any atom is -0.364 e. The van der Waals surface area contributed by atoms with Gasteiger partial charge in [0.1, 0.15) is 31.8 Å². The van der Waals surface area contributed by atoms with E-state index in [0.29, 0.717) is 12.2 Å². The van der Waals surface area contributed by atoms with Gasteiger partial charge in [-0.2, -0.15) is 0 Å². The van der Waals surface area contributed by atoms with Gasteiger partial charge in [0.2, 0.25) is 0 Å². The highest BCUT2D eigenvalue weighted by atomic mass is 79.9. The van der Waals surface area contributed by atoms with Gasteiger partial charge in [-0.25, -0.2) is 0 Å². The van der Waals surface area contributed by atoms with Gasteiger partial charge in [0, 0.05) is 22.9 Å². The van der Waals surface area contributed by atoms with Crippen molar-refractivity contribution in [3.63, 3.8) is 0 Å². The van der Waals surface area contributed by atoms with Crippen molar-refractivity contribution in [1.82, 2.24) is 0 Å². The highest BCUT2D eigenvalue weighted by Gasteiger charge is 2.35. The Bertz CT molecular complexity index is 478. The summed E-state index contributed by atoms with van der Waals surface area (Å²) in [6, 6.07) is 9.49. The fraction of sp³-hybridized carbons (Fsp3) is 0.667. The minimum atomic E-state index is 0.421. The molecule has 3 rings (SSSR count). The molecule has 1 aromatic rings. The lowest BCUT2D eigenvalue weighted by Crippen LogP contribution is -3.22. The summed E-state index contributed by atoms with van der Waals surface area (Å²) in [5, 5.41) is 0. The molecule has 2 heterocycles. The fourth-order valence-corrected chi connectivity index (χ4v) is 4.60. The summed E-state index contributed by atoms with van der Waals surface area (Å²) in [6.07, 6.45) is 3.55. The summed E-state index contributed by atoms with van der Waals surface area (Å²) >= 11 is 3.68. The average molecular weight is 369 g/mol. The van der Waals surface area contributed by atoms with E-state index in [0.717, 1.165) is 12.6 Å². The Morgan fingerprint density at radius 3 is 2.36 bits per heavy atom. The third kappa shape index (κ3) is 4.10. The Morgan fingerprint density at radius 2 is 1.73 bits per heavy atom. The van der Waals surface area contributed by atoms with Crippen LogP contribution in [0.1, 0.15) is 32.3 Å². The van der Waals surface area contributed by atoms with E-state index in [4.69, 9.17) is 4.74 Å². The number of ether oxygens (including phenoxy) is 1. The molecule has 0 bridgehead atoms. The fourth-order valence-electron chi connectivity index (χ4n) is 4.17. The Labute approximate surface area is 142 Å². The van der Waals surface area contributed by atoms with Crippen LogP contribution in [0.2, 0.25) is 0 Å². The summed E-state index contributed by atoms with van der Waals surface area (Å²) in [5.74, 6) is 0. The van der Waals surface area contributed by atoms with E-state index in [2.05, 4.69) is 54.0 Å². The second-order valence-corrected chi connectivity index (χ2v) is 7.97. The van der Waals surface area contributed by atoms with Crippen LogP contribution in [0.4, 0.5) is 0 Å². The maximum atomic E-state index is 5.89. The molecule has 2 atom stereocenters. The van der Waals surface area contributed by atoms with Crippen LogP contribution < -0.4 is 9.80 Å². The lowest BCUT2D eigenvalue weighted by Gasteiger charge is -2.39. The summed E-state index contributed by atoms with van der Waals surface area (Å²) in [4.78, 5) is 3.52. The highest BCUT2D eigenvalue weighted by molar-refractivity contribution is 9.10. The number of hydrogen-bond acceptors (Lipinski definition) is 1. The van der Waals surface area contributed by atoms with Gasteiger partial charge in [-0.3, -0.25) is 0 Å². The average Bonchev–Trinajstić information content (AvgIpc) is 2.49. The monoisotopic (exact) mass is 368 g/mol. The number of benzene rings is 1. The van der Waals surface area contributed by atoms with Gasteiger partial charge in [-0.05, 0) is 19.9 Å². The van der Waals surface area contributed by atoms with Crippen molar-refractivity contribution in [2.75, 3.05) is 26.2 Å². The molecule has 22 heavy (non-hydrogen) atoms. The van der Waals surface area contributed by atoms with E-state index in [1.165, 1.54) is 49.1 Å². The third-order valence-electron chi connectivity index (χ3n) is 5.23. The highest BCUT2D eigenvalue weighted by Crippen LogP contribution is 2.14. The topological polar surface area (TPSA) is 18.1 Å². The Kier molecular flexibility index (Phi) is 5.55. The molecule has 0 saturated carbocycles. The zero-order chi connectivity index (χ0) is 15.5. The maximum absolute atomic E-state index is 5.89. The first-order valence-electron chi connectivity index (χ1n) is 8.69. The number of halogens is 1.